The smallest absolute Gasteiger partial charge is 0.337 e. The van der Waals surface area contributed by atoms with Gasteiger partial charge in [-0.2, -0.15) is 0 Å². The Balaban J connectivity index is 1.88. The predicted molar refractivity (Wildman–Crippen MR) is 146 cm³/mol. The Morgan fingerprint density at radius 2 is 1.61 bits per heavy atom. The summed E-state index contributed by atoms with van der Waals surface area (Å²) in [4.78, 5) is 42.0. The number of aryl methyl sites for hydroxylation is 1. The molecule has 1 fully saturated rings. The quantitative estimate of drug-likeness (QED) is 0.208. The molecule has 0 saturated carbocycles. The molecule has 1 saturated heterocycles. The summed E-state index contributed by atoms with van der Waals surface area (Å²) in [5, 5.41) is 11.4. The van der Waals surface area contributed by atoms with E-state index in [1.165, 1.54) is 24.1 Å². The number of anilines is 2. The zero-order chi connectivity index (χ0) is 27.6. The predicted octanol–water partition coefficient (Wildman–Crippen LogP) is 4.87. The van der Waals surface area contributed by atoms with E-state index in [1.54, 1.807) is 30.3 Å². The fourth-order valence-corrected chi connectivity index (χ4v) is 4.51. The minimum Gasteiger partial charge on any atom is -0.507 e. The Labute approximate surface area is 221 Å². The van der Waals surface area contributed by atoms with Gasteiger partial charge in [-0.3, -0.25) is 14.5 Å². The zero-order valence-corrected chi connectivity index (χ0v) is 22.0. The average Bonchev–Trinajstić information content (AvgIpc) is 3.19. The van der Waals surface area contributed by atoms with E-state index >= 15 is 0 Å². The lowest BCUT2D eigenvalue weighted by Gasteiger charge is -2.26. The summed E-state index contributed by atoms with van der Waals surface area (Å²) in [5.41, 5.74) is 3.47. The summed E-state index contributed by atoms with van der Waals surface area (Å²) >= 11 is 0. The van der Waals surface area contributed by atoms with Gasteiger partial charge in [0.15, 0.2) is 0 Å². The maximum Gasteiger partial charge on any atom is 0.337 e. The number of carbonyl (C=O) groups excluding carboxylic acids is 3. The molecule has 8 nitrogen and oxygen atoms in total. The molecular formula is C30H30N2O6. The maximum atomic E-state index is 13.4. The molecule has 0 bridgehead atoms. The van der Waals surface area contributed by atoms with Gasteiger partial charge < -0.3 is 19.5 Å². The molecule has 1 atom stereocenters. The molecule has 4 rings (SSSR count). The number of carbonyl (C=O) groups is 3. The van der Waals surface area contributed by atoms with Crippen molar-refractivity contribution >= 4 is 34.8 Å². The second-order valence-corrected chi connectivity index (χ2v) is 9.11. The lowest BCUT2D eigenvalue weighted by Crippen LogP contribution is -2.29. The highest BCUT2D eigenvalue weighted by Gasteiger charge is 2.47. The lowest BCUT2D eigenvalue weighted by molar-refractivity contribution is -0.132. The number of Topliss-reactive ketones (excluding diaryl/α,β-unsaturated/α-hetero) is 1. The van der Waals surface area contributed by atoms with Gasteiger partial charge in [-0.05, 0) is 79.6 Å². The molecule has 0 radical (unpaired) electrons. The van der Waals surface area contributed by atoms with Crippen molar-refractivity contribution in [3.05, 3.63) is 94.6 Å². The monoisotopic (exact) mass is 514 g/mol. The minimum atomic E-state index is -0.887. The molecular weight excluding hydrogens is 484 g/mol. The van der Waals surface area contributed by atoms with Crippen molar-refractivity contribution in [2.75, 3.05) is 37.6 Å². The standard InChI is InChI=1S/C30H30N2O6/c1-6-38-24-16-11-21(17-18(24)2)27(33)25-26(19-7-12-22(13-8-19)31(3)4)32(29(35)28(25)34)23-14-9-20(10-15-23)30(36)37-5/h7-17,26,33H,6H2,1-5H3/b27-25-. The van der Waals surface area contributed by atoms with Crippen LogP contribution in [0.4, 0.5) is 11.4 Å². The fraction of sp³-hybridized carbons (Fsp3) is 0.233. The first-order chi connectivity index (χ1) is 18.2. The minimum absolute atomic E-state index is 0.0202. The van der Waals surface area contributed by atoms with Gasteiger partial charge in [0, 0.05) is 31.0 Å². The summed E-state index contributed by atoms with van der Waals surface area (Å²) < 4.78 is 10.4. The summed E-state index contributed by atoms with van der Waals surface area (Å²) in [6, 6.07) is 17.9. The molecule has 38 heavy (non-hydrogen) atoms. The number of ketones is 1. The molecule has 8 heteroatoms. The van der Waals surface area contributed by atoms with Gasteiger partial charge >= 0.3 is 5.97 Å². The largest absolute Gasteiger partial charge is 0.507 e. The molecule has 3 aromatic carbocycles. The average molecular weight is 515 g/mol. The Hall–Kier alpha value is -4.59. The Morgan fingerprint density at radius 3 is 2.16 bits per heavy atom. The van der Waals surface area contributed by atoms with Gasteiger partial charge in [-0.15, -0.1) is 0 Å². The number of benzene rings is 3. The van der Waals surface area contributed by atoms with Crippen LogP contribution in [0, 0.1) is 6.92 Å². The first kappa shape index (κ1) is 26.5. The van der Waals surface area contributed by atoms with Crippen molar-refractivity contribution in [3.63, 3.8) is 0 Å². The van der Waals surface area contributed by atoms with Gasteiger partial charge in [0.2, 0.25) is 0 Å². The SMILES string of the molecule is CCOc1ccc(/C(O)=C2/C(=O)C(=O)N(c3ccc(C(=O)OC)cc3)C2c2ccc(N(C)C)cc2)cc1C. The maximum absolute atomic E-state index is 13.4. The number of rotatable bonds is 7. The fourth-order valence-electron chi connectivity index (χ4n) is 4.51. The van der Waals surface area contributed by atoms with E-state index in [2.05, 4.69) is 0 Å². The van der Waals surface area contributed by atoms with Gasteiger partial charge in [0.05, 0.1) is 30.9 Å². The number of aliphatic hydroxyl groups is 1. The van der Waals surface area contributed by atoms with Crippen LogP contribution in [0.3, 0.4) is 0 Å². The summed E-state index contributed by atoms with van der Waals surface area (Å²) in [6.07, 6.45) is 0. The van der Waals surface area contributed by atoms with E-state index in [0.29, 0.717) is 34.7 Å². The van der Waals surface area contributed by atoms with Gasteiger partial charge in [-0.25, -0.2) is 4.79 Å². The van der Waals surface area contributed by atoms with Crippen molar-refractivity contribution < 1.29 is 29.0 Å². The van der Waals surface area contributed by atoms with Crippen LogP contribution >= 0.6 is 0 Å². The third kappa shape index (κ3) is 4.85. The van der Waals surface area contributed by atoms with Crippen LogP contribution in [0.25, 0.3) is 5.76 Å². The number of amides is 1. The molecule has 1 aliphatic rings. The van der Waals surface area contributed by atoms with Crippen molar-refractivity contribution in [1.29, 1.82) is 0 Å². The third-order valence-electron chi connectivity index (χ3n) is 6.48. The normalized spacial score (nSPS) is 16.4. The van der Waals surface area contributed by atoms with Crippen LogP contribution in [0.15, 0.2) is 72.3 Å². The number of methoxy groups -OCH3 is 1. The molecule has 196 valence electrons. The summed E-state index contributed by atoms with van der Waals surface area (Å²) in [7, 11) is 5.12. The number of aliphatic hydroxyl groups excluding tert-OH is 1. The highest BCUT2D eigenvalue weighted by atomic mass is 16.5. The number of nitrogens with zero attached hydrogens (tertiary/aromatic N) is 2. The molecule has 3 aromatic rings. The number of hydrogen-bond acceptors (Lipinski definition) is 7. The highest BCUT2D eigenvalue weighted by molar-refractivity contribution is 6.51. The first-order valence-electron chi connectivity index (χ1n) is 12.2. The van der Waals surface area contributed by atoms with Crippen molar-refractivity contribution in [2.45, 2.75) is 19.9 Å². The van der Waals surface area contributed by atoms with Gasteiger partial charge in [-0.1, -0.05) is 12.1 Å². The third-order valence-corrected chi connectivity index (χ3v) is 6.48. The van der Waals surface area contributed by atoms with Crippen LogP contribution < -0.4 is 14.5 Å². The topological polar surface area (TPSA) is 96.4 Å². The first-order valence-corrected chi connectivity index (χ1v) is 12.2. The van der Waals surface area contributed by atoms with E-state index in [0.717, 1.165) is 11.3 Å². The number of esters is 1. The Morgan fingerprint density at radius 1 is 0.974 bits per heavy atom. The van der Waals surface area contributed by atoms with Crippen molar-refractivity contribution in [3.8, 4) is 5.75 Å². The molecule has 1 N–H and O–H groups in total. The Bertz CT molecular complexity index is 1410. The zero-order valence-electron chi connectivity index (χ0n) is 22.0. The molecule has 0 aromatic heterocycles. The molecule has 1 amide bonds. The van der Waals surface area contributed by atoms with E-state index in [4.69, 9.17) is 9.47 Å². The van der Waals surface area contributed by atoms with Gasteiger partial charge in [0.1, 0.15) is 11.5 Å². The molecule has 1 heterocycles. The number of hydrogen-bond donors (Lipinski definition) is 1. The molecule has 0 aliphatic carbocycles. The summed E-state index contributed by atoms with van der Waals surface area (Å²) in [5.74, 6) is -1.69. The lowest BCUT2D eigenvalue weighted by atomic mass is 9.94. The second-order valence-electron chi connectivity index (χ2n) is 9.11. The van der Waals surface area contributed by atoms with Crippen LogP contribution in [0.1, 0.15) is 40.0 Å². The van der Waals surface area contributed by atoms with Crippen molar-refractivity contribution in [2.24, 2.45) is 0 Å². The van der Waals surface area contributed by atoms with E-state index < -0.39 is 23.7 Å². The summed E-state index contributed by atoms with van der Waals surface area (Å²) in [6.45, 7) is 4.23. The molecule has 1 unspecified atom stereocenters. The van der Waals surface area contributed by atoms with Crippen LogP contribution in [0.2, 0.25) is 0 Å². The van der Waals surface area contributed by atoms with Crippen LogP contribution in [0.5, 0.6) is 5.75 Å². The van der Waals surface area contributed by atoms with E-state index in [9.17, 15) is 19.5 Å². The van der Waals surface area contributed by atoms with Crippen LogP contribution in [-0.2, 0) is 14.3 Å². The highest BCUT2D eigenvalue weighted by Crippen LogP contribution is 2.42. The van der Waals surface area contributed by atoms with Gasteiger partial charge in [0.25, 0.3) is 11.7 Å². The van der Waals surface area contributed by atoms with Crippen LogP contribution in [-0.4, -0.2) is 50.6 Å². The van der Waals surface area contributed by atoms with Crippen molar-refractivity contribution in [1.82, 2.24) is 0 Å². The van der Waals surface area contributed by atoms with E-state index in [1.807, 2.05) is 57.1 Å². The molecule has 1 aliphatic heterocycles. The Kier molecular flexibility index (Phi) is 7.52. The number of ether oxygens (including phenoxy) is 2. The second kappa shape index (κ2) is 10.8. The molecule has 0 spiro atoms. The van der Waals surface area contributed by atoms with E-state index in [-0.39, 0.29) is 11.3 Å².